The summed E-state index contributed by atoms with van der Waals surface area (Å²) >= 11 is 5.11. The molecule has 0 saturated heterocycles. The summed E-state index contributed by atoms with van der Waals surface area (Å²) in [5.74, 6) is -1.21. The number of carboxylic acids is 1. The largest absolute Gasteiger partial charge is 0.477 e. The molecule has 0 aliphatic heterocycles. The molecule has 8 aromatic rings. The summed E-state index contributed by atoms with van der Waals surface area (Å²) in [7, 11) is 0. The second-order valence-corrected chi connectivity index (χ2v) is 24.3. The number of benzene rings is 4. The van der Waals surface area contributed by atoms with E-state index in [0.717, 1.165) is 27.5 Å². The molecule has 68 heavy (non-hydrogen) atoms. The molecular formula is C61H64N2O2S3. The minimum absolute atomic E-state index is 0.0427. The summed E-state index contributed by atoms with van der Waals surface area (Å²) < 4.78 is 2.55. The van der Waals surface area contributed by atoms with E-state index in [-0.39, 0.29) is 21.8 Å². The predicted octanol–water partition coefficient (Wildman–Crippen LogP) is 18.8. The molecule has 4 heterocycles. The number of hydrogen-bond acceptors (Lipinski definition) is 5. The number of nitriles is 1. The molecule has 1 N–H and O–H groups in total. The topological polar surface area (TPSA) is 66.0 Å². The Hall–Kier alpha value is -5.52. The lowest BCUT2D eigenvalue weighted by Crippen LogP contribution is -2.26. The number of nitrogens with zero attached hydrogens (tertiary/aromatic N) is 2. The van der Waals surface area contributed by atoms with E-state index >= 15 is 0 Å². The van der Waals surface area contributed by atoms with Crippen LogP contribution in [0.5, 0.6) is 0 Å². The summed E-state index contributed by atoms with van der Waals surface area (Å²) in [6, 6.07) is 43.8. The number of carbonyl (C=O) groups is 1. The van der Waals surface area contributed by atoms with Crippen molar-refractivity contribution >= 4 is 67.9 Å². The van der Waals surface area contributed by atoms with Crippen LogP contribution in [0.25, 0.3) is 74.6 Å². The number of aromatic nitrogens is 1. The van der Waals surface area contributed by atoms with Gasteiger partial charge in [0.05, 0.1) is 11.0 Å². The van der Waals surface area contributed by atoms with Crippen molar-refractivity contribution in [3.8, 4) is 52.8 Å². The van der Waals surface area contributed by atoms with E-state index < -0.39 is 5.97 Å². The average molecular weight is 953 g/mol. The van der Waals surface area contributed by atoms with Crippen LogP contribution in [0.4, 0.5) is 0 Å². The van der Waals surface area contributed by atoms with Crippen molar-refractivity contribution in [2.24, 2.45) is 0 Å². The highest BCUT2D eigenvalue weighted by molar-refractivity contribution is 7.27. The van der Waals surface area contributed by atoms with Crippen LogP contribution in [-0.2, 0) is 21.0 Å². The summed E-state index contributed by atoms with van der Waals surface area (Å²) in [4.78, 5) is 18.1. The van der Waals surface area contributed by atoms with Gasteiger partial charge in [0.2, 0.25) is 0 Å². The van der Waals surface area contributed by atoms with Crippen LogP contribution in [0.2, 0.25) is 0 Å². The van der Waals surface area contributed by atoms with Crippen molar-refractivity contribution in [2.75, 3.05) is 0 Å². The first kappa shape index (κ1) is 47.5. The minimum atomic E-state index is -1.21. The zero-order valence-corrected chi connectivity index (χ0v) is 43.5. The van der Waals surface area contributed by atoms with Crippen molar-refractivity contribution in [2.45, 2.75) is 136 Å². The lowest BCUT2D eigenvalue weighted by molar-refractivity contribution is -0.132. The highest BCUT2D eigenvalue weighted by Crippen LogP contribution is 2.56. The van der Waals surface area contributed by atoms with Crippen LogP contribution >= 0.6 is 34.0 Å². The van der Waals surface area contributed by atoms with Gasteiger partial charge in [0.15, 0.2) is 0 Å². The van der Waals surface area contributed by atoms with E-state index in [4.69, 9.17) is 0 Å². The van der Waals surface area contributed by atoms with Gasteiger partial charge in [-0.05, 0) is 148 Å². The fraction of sp³-hybridized carbons (Fsp3) is 0.344. The van der Waals surface area contributed by atoms with Crippen LogP contribution in [0.15, 0.2) is 115 Å². The molecule has 0 fully saturated rings. The van der Waals surface area contributed by atoms with Crippen molar-refractivity contribution in [1.29, 1.82) is 5.26 Å². The smallest absolute Gasteiger partial charge is 0.346 e. The number of fused-ring (bicyclic) bond motifs is 6. The van der Waals surface area contributed by atoms with E-state index in [1.165, 1.54) is 150 Å². The van der Waals surface area contributed by atoms with Crippen LogP contribution in [0, 0.1) is 11.3 Å². The Labute approximate surface area is 415 Å². The van der Waals surface area contributed by atoms with Gasteiger partial charge in [-0.25, -0.2) is 4.79 Å². The van der Waals surface area contributed by atoms with Gasteiger partial charge in [0.1, 0.15) is 11.6 Å². The third-order valence-electron chi connectivity index (χ3n) is 14.3. The lowest BCUT2D eigenvalue weighted by atomic mass is 9.70. The Morgan fingerprint density at radius 1 is 0.603 bits per heavy atom. The van der Waals surface area contributed by atoms with Gasteiger partial charge in [0, 0.05) is 51.1 Å². The third-order valence-corrected chi connectivity index (χ3v) is 17.9. The minimum Gasteiger partial charge on any atom is -0.477 e. The molecule has 7 heteroatoms. The third kappa shape index (κ3) is 9.08. The highest BCUT2D eigenvalue weighted by atomic mass is 32.1. The number of rotatable bonds is 16. The molecule has 0 unspecified atom stereocenters. The zero-order chi connectivity index (χ0) is 48.0. The molecule has 0 saturated carbocycles. The van der Waals surface area contributed by atoms with Gasteiger partial charge in [0.25, 0.3) is 0 Å². The maximum absolute atomic E-state index is 11.4. The predicted molar refractivity (Wildman–Crippen MR) is 293 cm³/mol. The van der Waals surface area contributed by atoms with Crippen LogP contribution in [0.3, 0.4) is 0 Å². The Morgan fingerprint density at radius 3 is 1.63 bits per heavy atom. The second kappa shape index (κ2) is 19.1. The molecule has 0 spiro atoms. The first-order chi connectivity index (χ1) is 32.6. The van der Waals surface area contributed by atoms with E-state index in [1.807, 2.05) is 23.5 Å². The summed E-state index contributed by atoms with van der Waals surface area (Å²) in [6.07, 6.45) is 13.6. The summed E-state index contributed by atoms with van der Waals surface area (Å²) in [5, 5.41) is 21.3. The van der Waals surface area contributed by atoms with Crippen LogP contribution < -0.4 is 0 Å². The number of carboxylic acid groups (broad SMARTS) is 1. The van der Waals surface area contributed by atoms with Crippen molar-refractivity contribution in [1.82, 2.24) is 4.57 Å². The number of unbranched alkanes of at least 4 members (excludes halogenated alkanes) is 6. The molecule has 0 amide bonds. The van der Waals surface area contributed by atoms with Gasteiger partial charge in [-0.1, -0.05) is 137 Å². The quantitative estimate of drug-likeness (QED) is 0.0596. The van der Waals surface area contributed by atoms with E-state index in [1.54, 1.807) is 17.4 Å². The fourth-order valence-corrected chi connectivity index (χ4v) is 13.6. The monoisotopic (exact) mass is 952 g/mol. The fourth-order valence-electron chi connectivity index (χ4n) is 10.5. The van der Waals surface area contributed by atoms with E-state index in [2.05, 4.69) is 157 Å². The van der Waals surface area contributed by atoms with Gasteiger partial charge in [-0.2, -0.15) is 5.26 Å². The molecule has 4 nitrogen and oxygen atoms in total. The molecule has 1 aliphatic carbocycles. The van der Waals surface area contributed by atoms with Gasteiger partial charge in [-0.3, -0.25) is 0 Å². The maximum atomic E-state index is 11.4. The normalized spacial score (nSPS) is 13.6. The van der Waals surface area contributed by atoms with Crippen LogP contribution in [0.1, 0.15) is 147 Å². The van der Waals surface area contributed by atoms with Crippen molar-refractivity contribution in [3.05, 3.63) is 142 Å². The molecule has 4 aromatic carbocycles. The molecule has 348 valence electrons. The summed E-state index contributed by atoms with van der Waals surface area (Å²) in [6.45, 7) is 18.5. The molecule has 0 atom stereocenters. The number of thiophene rings is 3. The number of hydrogen-bond donors (Lipinski definition) is 1. The standard InChI is InChI=1S/C61H64N2O2S3/c1-9-11-13-15-31-61(32-16-14-12-10-2)49-34-39(53-27-28-56(67-53)57-30-29-55(68-57)54-26-21-44(66-54)33-40(38-62)58(64)65)17-22-45(49)46-23-20-43(37-50(46)61)63-51-24-18-41(59(3,4)5)35-47(51)48-36-42(60(6,7)8)19-25-52(48)63/h17-30,33-37H,9-16,31-32H2,1-8H3,(H,64,65)/b40-33+. The molecular weight excluding hydrogens is 889 g/mol. The molecule has 1 aliphatic rings. The Bertz CT molecular complexity index is 3150. The van der Waals surface area contributed by atoms with Gasteiger partial charge < -0.3 is 9.67 Å². The molecule has 9 rings (SSSR count). The first-order valence-corrected chi connectivity index (χ1v) is 27.1. The number of aliphatic carboxylic acids is 1. The molecule has 4 aromatic heterocycles. The zero-order valence-electron chi connectivity index (χ0n) is 41.0. The van der Waals surface area contributed by atoms with Crippen molar-refractivity contribution in [3.63, 3.8) is 0 Å². The Balaban J connectivity index is 1.13. The van der Waals surface area contributed by atoms with E-state index in [9.17, 15) is 15.2 Å². The average Bonchev–Trinajstić information content (AvgIpc) is 4.17. The van der Waals surface area contributed by atoms with Gasteiger partial charge in [-0.15, -0.1) is 34.0 Å². The highest BCUT2D eigenvalue weighted by Gasteiger charge is 2.43. The van der Waals surface area contributed by atoms with Gasteiger partial charge >= 0.3 is 5.97 Å². The maximum Gasteiger partial charge on any atom is 0.346 e. The molecule has 0 radical (unpaired) electrons. The van der Waals surface area contributed by atoms with Crippen LogP contribution in [-0.4, -0.2) is 15.6 Å². The van der Waals surface area contributed by atoms with E-state index in [0.29, 0.717) is 0 Å². The van der Waals surface area contributed by atoms with Crippen molar-refractivity contribution < 1.29 is 9.90 Å². The summed E-state index contributed by atoms with van der Waals surface area (Å²) in [5.41, 5.74) is 13.3. The SMILES string of the molecule is CCCCCCC1(CCCCCC)c2cc(-c3ccc(-c4ccc(-c5ccc(/C=C(\C#N)C(=O)O)s5)s4)s3)ccc2-c2ccc(-n3c4ccc(C(C)(C)C)cc4c4cc(C(C)(C)C)ccc43)cc21. The Morgan fingerprint density at radius 2 is 1.10 bits per heavy atom. The Kier molecular flexibility index (Phi) is 13.4. The lowest BCUT2D eigenvalue weighted by Gasteiger charge is -2.33. The molecule has 0 bridgehead atoms. The second-order valence-electron chi connectivity index (χ2n) is 21.0. The first-order valence-electron chi connectivity index (χ1n) is 24.7.